The van der Waals surface area contributed by atoms with Gasteiger partial charge in [-0.1, -0.05) is 91.6 Å². The van der Waals surface area contributed by atoms with Crippen LogP contribution in [0.15, 0.2) is 97.1 Å². The number of nitrogens with two attached hydrogens (primary N) is 1. The minimum atomic E-state index is -0.778. The van der Waals surface area contributed by atoms with Gasteiger partial charge in [-0.2, -0.15) is 0 Å². The van der Waals surface area contributed by atoms with Crippen molar-refractivity contribution in [3.8, 4) is 11.5 Å². The van der Waals surface area contributed by atoms with Crippen LogP contribution in [0.4, 0.5) is 0 Å². The van der Waals surface area contributed by atoms with Crippen molar-refractivity contribution < 1.29 is 43.4 Å². The van der Waals surface area contributed by atoms with E-state index in [4.69, 9.17) is 52.9 Å². The van der Waals surface area contributed by atoms with Gasteiger partial charge in [-0.05, 0) is 147 Å². The highest BCUT2D eigenvalue weighted by Crippen LogP contribution is 2.23. The maximum absolute atomic E-state index is 12.4. The first kappa shape index (κ1) is 57.6. The van der Waals surface area contributed by atoms with Gasteiger partial charge in [-0.3, -0.25) is 14.4 Å². The number of hydrogen-bond acceptors (Lipinski definition) is 12. The number of unbranched alkanes of at least 4 members (excludes halogenated alkanes) is 1. The number of carbonyl (C=O) groups excluding carboxylic acids is 3. The Bertz CT molecular complexity index is 1940. The summed E-state index contributed by atoms with van der Waals surface area (Å²) in [5, 5.41) is 25.8. The van der Waals surface area contributed by atoms with E-state index in [1.807, 2.05) is 93.6 Å². The van der Waals surface area contributed by atoms with Gasteiger partial charge in [-0.15, -0.1) is 0 Å². The van der Waals surface area contributed by atoms with Crippen molar-refractivity contribution in [2.45, 2.75) is 131 Å². The Balaban J connectivity index is 0.000000524. The van der Waals surface area contributed by atoms with Crippen LogP contribution in [-0.4, -0.2) is 72.2 Å². The number of halogens is 2. The molecule has 0 aliphatic rings. The molecule has 0 fully saturated rings. The molecular formula is C48H69B2Cl2N3O9. The van der Waals surface area contributed by atoms with Crippen LogP contribution < -0.4 is 25.7 Å². The average molecular weight is 925 g/mol. The Morgan fingerprint density at radius 3 is 1.53 bits per heavy atom. The van der Waals surface area contributed by atoms with Crippen LogP contribution in [0.2, 0.25) is 23.7 Å². The summed E-state index contributed by atoms with van der Waals surface area (Å²) in [6, 6.07) is 29.1. The van der Waals surface area contributed by atoms with E-state index >= 15 is 0 Å². The molecule has 2 atom stereocenters. The second-order valence-corrected chi connectivity index (χ2v) is 17.6. The van der Waals surface area contributed by atoms with E-state index < -0.39 is 37.4 Å². The number of para-hydroxylation sites is 2. The van der Waals surface area contributed by atoms with Crippen LogP contribution in [0, 0.1) is 0 Å². The molecule has 0 saturated carbocycles. The van der Waals surface area contributed by atoms with Crippen molar-refractivity contribution in [1.29, 1.82) is 0 Å². The Morgan fingerprint density at radius 1 is 0.672 bits per heavy atom. The first-order valence-electron chi connectivity index (χ1n) is 21.1. The number of aryl methyl sites for hydroxylation is 1. The highest BCUT2D eigenvalue weighted by atomic mass is 35.5. The average Bonchev–Trinajstić information content (AvgIpc) is 3.21. The van der Waals surface area contributed by atoms with Gasteiger partial charge in [0.25, 0.3) is 0 Å². The molecule has 0 unspecified atom stereocenters. The van der Waals surface area contributed by atoms with Gasteiger partial charge in [0.1, 0.15) is 35.9 Å². The number of carbonyl (C=O) groups is 3. The second-order valence-electron chi connectivity index (χ2n) is 16.8. The van der Waals surface area contributed by atoms with Crippen molar-refractivity contribution in [3.63, 3.8) is 0 Å². The summed E-state index contributed by atoms with van der Waals surface area (Å²) in [5.74, 6) is 0.745. The Labute approximate surface area is 392 Å². The van der Waals surface area contributed by atoms with Crippen molar-refractivity contribution in [3.05, 3.63) is 129 Å². The zero-order valence-corrected chi connectivity index (χ0v) is 39.4. The molecule has 16 heteroatoms. The molecule has 4 rings (SSSR count). The van der Waals surface area contributed by atoms with Crippen molar-refractivity contribution in [1.82, 2.24) is 10.5 Å². The third-order valence-electron chi connectivity index (χ3n) is 8.55. The van der Waals surface area contributed by atoms with E-state index in [0.717, 1.165) is 48.0 Å². The summed E-state index contributed by atoms with van der Waals surface area (Å²) < 4.78 is 22.3. The SMILES string of the molecule is C.CB(O)N[C@@H](CCCCc1ccccc1OCc1ccc(Cl)cc1)C(=O)OC(C)(C)C.CB(O)N[C@@H](CCN)C(=O)OC(C)(C)C.O=Cc1ccccc1OCc1ccc(Cl)cc1. The summed E-state index contributed by atoms with van der Waals surface area (Å²) >= 11 is 11.7. The number of benzene rings is 4. The Morgan fingerprint density at radius 2 is 1.09 bits per heavy atom. The lowest BCUT2D eigenvalue weighted by molar-refractivity contribution is -0.158. The maximum Gasteiger partial charge on any atom is 0.374 e. The van der Waals surface area contributed by atoms with Gasteiger partial charge < -0.3 is 45.2 Å². The first-order chi connectivity index (χ1) is 29.7. The third-order valence-corrected chi connectivity index (χ3v) is 9.05. The molecule has 12 nitrogen and oxygen atoms in total. The molecule has 0 bridgehead atoms. The predicted octanol–water partition coefficient (Wildman–Crippen LogP) is 9.16. The van der Waals surface area contributed by atoms with Gasteiger partial charge in [0.05, 0.1) is 17.6 Å². The number of rotatable bonds is 20. The predicted molar refractivity (Wildman–Crippen MR) is 261 cm³/mol. The minimum Gasteiger partial charge on any atom is -0.489 e. The molecule has 0 amide bonds. The van der Waals surface area contributed by atoms with E-state index in [2.05, 4.69) is 16.5 Å². The minimum absolute atomic E-state index is 0. The van der Waals surface area contributed by atoms with Crippen LogP contribution in [0.5, 0.6) is 11.5 Å². The maximum atomic E-state index is 12.4. The standard InChI is InChI=1S/C24H33BClNO4.C14H11ClO2.C9H21BN2O3.CH4/c1-24(2,3)31-23(28)21(27-25(4)29)11-7-5-9-19-10-6-8-12-22(19)30-17-18-13-15-20(26)16-14-18;15-13-7-5-11(6-8-13)10-17-14-4-2-1-3-12(14)9-16;1-9(2,3)15-8(13)7(5-6-11)12-10(4)14;/h6,8,10,12-16,21,27,29H,5,7,9,11,17H2,1-4H3;1-9H,10H2;7,12,14H,5-6,11H2,1-4H3;1H4/t21-;;7-;/m0.0./s1. The molecule has 4 aromatic carbocycles. The van der Waals surface area contributed by atoms with E-state index in [1.165, 1.54) is 0 Å². The van der Waals surface area contributed by atoms with Crippen LogP contribution >= 0.6 is 23.2 Å². The van der Waals surface area contributed by atoms with Gasteiger partial charge in [0, 0.05) is 10.0 Å². The molecule has 0 spiro atoms. The highest BCUT2D eigenvalue weighted by Gasteiger charge is 2.27. The van der Waals surface area contributed by atoms with E-state index in [0.29, 0.717) is 54.0 Å². The quantitative estimate of drug-likeness (QED) is 0.0246. The van der Waals surface area contributed by atoms with E-state index in [1.54, 1.807) is 52.6 Å². The second kappa shape index (κ2) is 29.9. The molecule has 0 heterocycles. The number of nitrogens with one attached hydrogen (secondary N) is 2. The molecular weight excluding hydrogens is 855 g/mol. The van der Waals surface area contributed by atoms with E-state index in [-0.39, 0.29) is 19.4 Å². The molecule has 4 aromatic rings. The molecule has 0 saturated heterocycles. The van der Waals surface area contributed by atoms with Gasteiger partial charge in [0.15, 0.2) is 6.29 Å². The van der Waals surface area contributed by atoms with Crippen molar-refractivity contribution >= 4 is 55.5 Å². The fraction of sp³-hybridized carbons (Fsp3) is 0.438. The normalized spacial score (nSPS) is 11.8. The Kier molecular flexibility index (Phi) is 26.9. The summed E-state index contributed by atoms with van der Waals surface area (Å²) in [6.45, 7) is 15.3. The number of aldehydes is 1. The summed E-state index contributed by atoms with van der Waals surface area (Å²) in [5.41, 5.74) is 8.05. The summed E-state index contributed by atoms with van der Waals surface area (Å²) in [6.07, 6.45) is 4.37. The monoisotopic (exact) mass is 923 g/mol. The lowest BCUT2D eigenvalue weighted by Crippen LogP contribution is -2.48. The van der Waals surface area contributed by atoms with Crippen LogP contribution in [0.3, 0.4) is 0 Å². The van der Waals surface area contributed by atoms with Crippen molar-refractivity contribution in [2.24, 2.45) is 5.73 Å². The zero-order chi connectivity index (χ0) is 47.0. The number of esters is 2. The van der Waals surface area contributed by atoms with Crippen LogP contribution in [0.1, 0.15) is 102 Å². The van der Waals surface area contributed by atoms with Gasteiger partial charge >= 0.3 is 26.0 Å². The smallest absolute Gasteiger partial charge is 0.374 e. The fourth-order valence-electron chi connectivity index (χ4n) is 5.74. The molecule has 0 aromatic heterocycles. The lowest BCUT2D eigenvalue weighted by atomic mass is 9.86. The lowest BCUT2D eigenvalue weighted by Gasteiger charge is -2.25. The molecule has 0 aliphatic carbocycles. The Hall–Kier alpha value is -4.40. The largest absolute Gasteiger partial charge is 0.489 e. The fourth-order valence-corrected chi connectivity index (χ4v) is 5.99. The van der Waals surface area contributed by atoms with Gasteiger partial charge in [-0.25, -0.2) is 0 Å². The third kappa shape index (κ3) is 25.2. The van der Waals surface area contributed by atoms with Crippen LogP contribution in [0.25, 0.3) is 0 Å². The highest BCUT2D eigenvalue weighted by molar-refractivity contribution is 6.46. The van der Waals surface area contributed by atoms with Crippen LogP contribution in [-0.2, 0) is 38.7 Å². The topological polar surface area (TPSA) is 179 Å². The summed E-state index contributed by atoms with van der Waals surface area (Å²) in [4.78, 5) is 34.8. The molecule has 0 aliphatic heterocycles. The molecule has 0 radical (unpaired) electrons. The van der Waals surface area contributed by atoms with Crippen molar-refractivity contribution in [2.75, 3.05) is 6.54 Å². The molecule has 350 valence electrons. The molecule has 6 N–H and O–H groups in total. The van der Waals surface area contributed by atoms with E-state index in [9.17, 15) is 19.4 Å². The summed E-state index contributed by atoms with van der Waals surface area (Å²) in [7, 11) is -1.53. The number of ether oxygens (including phenoxy) is 4. The van der Waals surface area contributed by atoms with Gasteiger partial charge in [0.2, 0.25) is 0 Å². The number of hydrogen-bond donors (Lipinski definition) is 5. The molecule has 64 heavy (non-hydrogen) atoms. The zero-order valence-electron chi connectivity index (χ0n) is 37.9. The first-order valence-corrected chi connectivity index (χ1v) is 21.9.